The number of nitrogens with zero attached hydrogens (tertiary/aromatic N) is 10. The molecule has 0 aliphatic heterocycles. The number of nitro groups is 1. The quantitative estimate of drug-likeness (QED) is 0.106. The van der Waals surface area contributed by atoms with E-state index in [1.165, 1.54) is 0 Å². The number of rotatable bonds is 12. The van der Waals surface area contributed by atoms with Crippen LogP contribution in [0.5, 0.6) is 0 Å². The number of hydrogen-bond donors (Lipinski definition) is 3. The summed E-state index contributed by atoms with van der Waals surface area (Å²) in [6, 6.07) is 5.65. The smallest absolute Gasteiger partial charge is 0.356 e. The van der Waals surface area contributed by atoms with Crippen molar-refractivity contribution in [1.29, 1.82) is 0 Å². The summed E-state index contributed by atoms with van der Waals surface area (Å²) in [6.07, 6.45) is 10.7. The number of nitrogens with one attached hydrogen (secondary N) is 3. The molecule has 0 saturated heterocycles. The Balaban J connectivity index is 0. The van der Waals surface area contributed by atoms with Crippen LogP contribution in [-0.2, 0) is 17.1 Å². The molecule has 0 spiro atoms. The molecule has 0 unspecified atom stereocenters. The molecule has 3 aromatic rings. The zero-order chi connectivity index (χ0) is 30.0. The Kier molecular flexibility index (Phi) is 23.4. The van der Waals surface area contributed by atoms with Crippen LogP contribution in [0.15, 0.2) is 51.8 Å². The molecule has 3 N–H and O–H groups in total. The van der Waals surface area contributed by atoms with Crippen molar-refractivity contribution < 1.29 is 32.2 Å². The van der Waals surface area contributed by atoms with Crippen molar-refractivity contribution in [1.82, 2.24) is 35.5 Å². The minimum absolute atomic E-state index is 0. The third-order valence-corrected chi connectivity index (χ3v) is 3.87. The zero-order valence-corrected chi connectivity index (χ0v) is 22.6. The van der Waals surface area contributed by atoms with Crippen LogP contribution in [0.3, 0.4) is 0 Å². The van der Waals surface area contributed by atoms with Crippen LogP contribution >= 0.6 is 0 Å². The molecular formula is C19H27FeN13O8. The zero-order valence-electron chi connectivity index (χ0n) is 21.5. The van der Waals surface area contributed by atoms with Crippen molar-refractivity contribution in [2.24, 2.45) is 15.0 Å². The second-order valence-electron chi connectivity index (χ2n) is 6.83. The van der Waals surface area contributed by atoms with Gasteiger partial charge >= 0.3 is 17.1 Å². The standard InChI is InChI=1S/C18H24N10.CH3NO2.Fe.2NO3/c1-4-22-25-16(1)13-19-7-10-28(11-8-20-14-17-2-5-23-26-17)12-9-21-15-18-3-6-24-27-18;1-2(3)4;;2*2-1(3)4/h1-6,13-15H,7-12H2,(H,22,25)(H,23,26)(H,24,27);1H3;;;/q;;+2;2*-1. The van der Waals surface area contributed by atoms with Gasteiger partial charge in [0.2, 0.25) is 0 Å². The minimum atomic E-state index is -1.75. The topological polar surface area (TPSA) is 302 Å². The summed E-state index contributed by atoms with van der Waals surface area (Å²) >= 11 is 0. The van der Waals surface area contributed by atoms with E-state index in [2.05, 4.69) is 50.5 Å². The summed E-state index contributed by atoms with van der Waals surface area (Å²) in [5.74, 6) is 0. The van der Waals surface area contributed by atoms with Crippen molar-refractivity contribution in [3.05, 3.63) is 94.6 Å². The maximum absolute atomic E-state index is 8.81. The first-order valence-electron chi connectivity index (χ1n) is 11.0. The van der Waals surface area contributed by atoms with E-state index in [4.69, 9.17) is 40.8 Å². The van der Waals surface area contributed by atoms with Gasteiger partial charge in [-0.15, -0.1) is 0 Å². The Hall–Kier alpha value is -5.08. The van der Waals surface area contributed by atoms with Crippen LogP contribution in [-0.4, -0.2) is 116 Å². The van der Waals surface area contributed by atoms with Gasteiger partial charge in [0.25, 0.3) is 0 Å². The Morgan fingerprint density at radius 3 is 1.12 bits per heavy atom. The SMILES string of the molecule is C(=NCCN(CCN=Cc1cc[nH]n1)CCN=Cc1cc[nH]n1)c1cc[nH]n1.C[N+](=O)[O-].O=[N+]([O-])[O-].O=[N+]([O-])[O-].[Fe+2]. The van der Waals surface area contributed by atoms with Gasteiger partial charge in [-0.05, 0) is 18.2 Å². The van der Waals surface area contributed by atoms with Gasteiger partial charge in [0.1, 0.15) is 17.1 Å². The average Bonchev–Trinajstić information content (AvgIpc) is 3.65. The fourth-order valence-corrected chi connectivity index (χ4v) is 2.44. The molecule has 224 valence electrons. The first kappa shape index (κ1) is 38.1. The molecular weight excluding hydrogens is 594 g/mol. The van der Waals surface area contributed by atoms with Gasteiger partial charge < -0.3 is 30.6 Å². The molecule has 0 saturated carbocycles. The summed E-state index contributed by atoms with van der Waals surface area (Å²) in [5.41, 5.74) is 2.50. The van der Waals surface area contributed by atoms with Crippen molar-refractivity contribution >= 4 is 18.6 Å². The molecule has 0 aliphatic rings. The van der Waals surface area contributed by atoms with E-state index in [-0.39, 0.29) is 17.1 Å². The summed E-state index contributed by atoms with van der Waals surface area (Å²) < 4.78 is 0. The van der Waals surface area contributed by atoms with Crippen LogP contribution in [0.2, 0.25) is 0 Å². The summed E-state index contributed by atoms with van der Waals surface area (Å²) in [6.45, 7) is 4.57. The van der Waals surface area contributed by atoms with Crippen molar-refractivity contribution in [3.8, 4) is 0 Å². The molecule has 21 nitrogen and oxygen atoms in total. The fourth-order valence-electron chi connectivity index (χ4n) is 2.44. The Bertz CT molecular complexity index is 985. The Labute approximate surface area is 242 Å². The summed E-state index contributed by atoms with van der Waals surface area (Å²) in [4.78, 5) is 40.4. The number of aromatic nitrogens is 6. The molecule has 0 atom stereocenters. The van der Waals surface area contributed by atoms with Crippen molar-refractivity contribution in [2.75, 3.05) is 46.3 Å². The van der Waals surface area contributed by atoms with Crippen LogP contribution < -0.4 is 0 Å². The van der Waals surface area contributed by atoms with E-state index in [0.717, 1.165) is 43.8 Å². The third-order valence-electron chi connectivity index (χ3n) is 3.87. The molecule has 0 fully saturated rings. The van der Waals surface area contributed by atoms with Gasteiger partial charge in [-0.25, -0.2) is 0 Å². The first-order valence-corrected chi connectivity index (χ1v) is 11.0. The first-order chi connectivity index (χ1) is 19.1. The van der Waals surface area contributed by atoms with Crippen LogP contribution in [0.1, 0.15) is 17.1 Å². The monoisotopic (exact) mass is 621 g/mol. The molecule has 0 aliphatic carbocycles. The maximum atomic E-state index is 8.81. The number of aliphatic imine (C=N–C) groups is 3. The number of H-pyrrole nitrogens is 3. The van der Waals surface area contributed by atoms with Crippen LogP contribution in [0, 0.1) is 40.8 Å². The predicted octanol–water partition coefficient (Wildman–Crippen LogP) is 0.227. The molecule has 0 aromatic carbocycles. The van der Waals surface area contributed by atoms with E-state index in [1.54, 1.807) is 37.2 Å². The minimum Gasteiger partial charge on any atom is -0.356 e. The molecule has 0 bridgehead atoms. The Morgan fingerprint density at radius 2 is 0.927 bits per heavy atom. The van der Waals surface area contributed by atoms with Gasteiger partial charge in [0.05, 0.1) is 29.8 Å². The van der Waals surface area contributed by atoms with E-state index in [9.17, 15) is 0 Å². The van der Waals surface area contributed by atoms with Gasteiger partial charge in [-0.2, -0.15) is 15.3 Å². The normalized spacial score (nSPS) is 10.2. The molecule has 3 heterocycles. The van der Waals surface area contributed by atoms with E-state index in [0.29, 0.717) is 19.6 Å². The summed E-state index contributed by atoms with van der Waals surface area (Å²) in [5, 5.41) is 58.8. The fraction of sp³-hybridized carbons (Fsp3) is 0.368. The van der Waals surface area contributed by atoms with Crippen LogP contribution in [0.4, 0.5) is 0 Å². The molecule has 22 heteroatoms. The molecule has 41 heavy (non-hydrogen) atoms. The largest absolute Gasteiger partial charge is 2.00 e. The van der Waals surface area contributed by atoms with E-state index >= 15 is 0 Å². The van der Waals surface area contributed by atoms with E-state index in [1.807, 2.05) is 18.2 Å². The van der Waals surface area contributed by atoms with Crippen molar-refractivity contribution in [2.45, 2.75) is 0 Å². The van der Waals surface area contributed by atoms with Gasteiger partial charge in [-0.3, -0.25) is 45.3 Å². The number of hydrogen-bond acceptors (Lipinski definition) is 15. The molecule has 0 radical (unpaired) electrons. The molecule has 3 aromatic heterocycles. The second-order valence-corrected chi connectivity index (χ2v) is 6.83. The molecule has 0 amide bonds. The van der Waals surface area contributed by atoms with Gasteiger partial charge in [0, 0.05) is 61.8 Å². The molecule has 3 rings (SSSR count). The van der Waals surface area contributed by atoms with E-state index < -0.39 is 15.1 Å². The Morgan fingerprint density at radius 1 is 0.683 bits per heavy atom. The van der Waals surface area contributed by atoms with Crippen LogP contribution in [0.25, 0.3) is 0 Å². The third kappa shape index (κ3) is 27.8. The number of aromatic amines is 3. The van der Waals surface area contributed by atoms with Gasteiger partial charge in [0.15, 0.2) is 7.05 Å². The average molecular weight is 621 g/mol. The summed E-state index contributed by atoms with van der Waals surface area (Å²) in [7, 11) is 0.889. The van der Waals surface area contributed by atoms with Crippen molar-refractivity contribution in [3.63, 3.8) is 0 Å². The van der Waals surface area contributed by atoms with Gasteiger partial charge in [-0.1, -0.05) is 0 Å². The predicted molar refractivity (Wildman–Crippen MR) is 143 cm³/mol. The second kappa shape index (κ2) is 25.2. The maximum Gasteiger partial charge on any atom is 2.00 e.